The van der Waals surface area contributed by atoms with Crippen molar-refractivity contribution >= 4 is 5.91 Å². The number of aromatic nitrogens is 2. The van der Waals surface area contributed by atoms with Crippen molar-refractivity contribution in [1.82, 2.24) is 20.2 Å². The van der Waals surface area contributed by atoms with Crippen molar-refractivity contribution in [3.63, 3.8) is 0 Å². The van der Waals surface area contributed by atoms with Crippen LogP contribution in [-0.4, -0.2) is 40.4 Å². The van der Waals surface area contributed by atoms with Gasteiger partial charge < -0.3 is 10.2 Å². The lowest BCUT2D eigenvalue weighted by Crippen LogP contribution is -2.41. The van der Waals surface area contributed by atoms with Gasteiger partial charge in [-0.3, -0.25) is 4.79 Å². The summed E-state index contributed by atoms with van der Waals surface area (Å²) in [6.45, 7) is 3.64. The summed E-state index contributed by atoms with van der Waals surface area (Å²) in [5, 5.41) is 3.37. The van der Waals surface area contributed by atoms with Gasteiger partial charge in [-0.25, -0.2) is 9.97 Å². The molecule has 134 valence electrons. The van der Waals surface area contributed by atoms with Gasteiger partial charge in [0.25, 0.3) is 0 Å². The molecule has 1 unspecified atom stereocenters. The van der Waals surface area contributed by atoms with Crippen LogP contribution in [0.15, 0.2) is 6.20 Å². The van der Waals surface area contributed by atoms with Crippen LogP contribution in [-0.2, 0) is 17.8 Å². The summed E-state index contributed by atoms with van der Waals surface area (Å²) in [5.74, 6) is 3.47. The SMILES string of the molecule is O=C(C1[C@H]2CCCC[C@@H]12)N1CCC[C@H](c2ncc3c(n2)CCNC3)C1. The van der Waals surface area contributed by atoms with Crippen molar-refractivity contribution in [2.24, 2.45) is 17.8 Å². The van der Waals surface area contributed by atoms with Crippen LogP contribution in [0.25, 0.3) is 0 Å². The van der Waals surface area contributed by atoms with E-state index in [9.17, 15) is 4.79 Å². The Kier molecular flexibility index (Phi) is 4.00. The van der Waals surface area contributed by atoms with E-state index >= 15 is 0 Å². The van der Waals surface area contributed by atoms with Crippen LogP contribution in [0.2, 0.25) is 0 Å². The molecule has 5 nitrogen and oxygen atoms in total. The third-order valence-corrected chi connectivity index (χ3v) is 6.87. The first kappa shape index (κ1) is 15.7. The summed E-state index contributed by atoms with van der Waals surface area (Å²) in [4.78, 5) is 24.7. The third kappa shape index (κ3) is 2.86. The summed E-state index contributed by atoms with van der Waals surface area (Å²) in [5.41, 5.74) is 2.45. The average molecular weight is 340 g/mol. The second kappa shape index (κ2) is 6.35. The number of amides is 1. The van der Waals surface area contributed by atoms with E-state index in [1.54, 1.807) is 0 Å². The zero-order valence-corrected chi connectivity index (χ0v) is 14.9. The smallest absolute Gasteiger partial charge is 0.226 e. The molecule has 0 bridgehead atoms. The van der Waals surface area contributed by atoms with Crippen LogP contribution in [0.4, 0.5) is 0 Å². The molecular formula is C20H28N4O. The number of hydrogen-bond acceptors (Lipinski definition) is 4. The Hall–Kier alpha value is -1.49. The lowest BCUT2D eigenvalue weighted by Gasteiger charge is -2.32. The molecule has 4 atom stereocenters. The van der Waals surface area contributed by atoms with Crippen molar-refractivity contribution in [3.8, 4) is 0 Å². The molecule has 3 fully saturated rings. The molecule has 1 saturated heterocycles. The monoisotopic (exact) mass is 340 g/mol. The van der Waals surface area contributed by atoms with E-state index in [4.69, 9.17) is 4.98 Å². The van der Waals surface area contributed by atoms with Gasteiger partial charge in [-0.05, 0) is 37.5 Å². The Morgan fingerprint density at radius 2 is 2.00 bits per heavy atom. The van der Waals surface area contributed by atoms with Gasteiger partial charge in [-0.15, -0.1) is 0 Å². The van der Waals surface area contributed by atoms with E-state index in [2.05, 4.69) is 15.2 Å². The summed E-state index contributed by atoms with van der Waals surface area (Å²) in [6, 6.07) is 0. The van der Waals surface area contributed by atoms with Crippen LogP contribution in [0, 0.1) is 17.8 Å². The molecule has 2 aliphatic carbocycles. The van der Waals surface area contributed by atoms with Crippen LogP contribution < -0.4 is 5.32 Å². The Morgan fingerprint density at radius 1 is 1.16 bits per heavy atom. The fraction of sp³-hybridized carbons (Fsp3) is 0.750. The van der Waals surface area contributed by atoms with Crippen molar-refractivity contribution in [3.05, 3.63) is 23.3 Å². The second-order valence-corrected chi connectivity index (χ2v) is 8.39. The van der Waals surface area contributed by atoms with Crippen molar-refractivity contribution in [2.75, 3.05) is 19.6 Å². The fourth-order valence-electron chi connectivity index (χ4n) is 5.41. The van der Waals surface area contributed by atoms with E-state index in [0.717, 1.165) is 51.3 Å². The molecule has 2 aliphatic heterocycles. The summed E-state index contributed by atoms with van der Waals surface area (Å²) >= 11 is 0. The Labute approximate surface area is 149 Å². The number of rotatable bonds is 2. The molecule has 4 aliphatic rings. The predicted octanol–water partition coefficient (Wildman–Crippen LogP) is 2.26. The van der Waals surface area contributed by atoms with Gasteiger partial charge in [0.05, 0.1) is 0 Å². The van der Waals surface area contributed by atoms with E-state index in [-0.39, 0.29) is 0 Å². The largest absolute Gasteiger partial charge is 0.342 e. The topological polar surface area (TPSA) is 58.1 Å². The Balaban J connectivity index is 1.29. The zero-order valence-electron chi connectivity index (χ0n) is 14.9. The van der Waals surface area contributed by atoms with Crippen molar-refractivity contribution in [1.29, 1.82) is 0 Å². The molecule has 0 aromatic carbocycles. The van der Waals surface area contributed by atoms with Gasteiger partial charge in [-0.1, -0.05) is 12.8 Å². The molecule has 3 heterocycles. The molecule has 5 rings (SSSR count). The van der Waals surface area contributed by atoms with E-state index in [1.807, 2.05) is 6.20 Å². The summed E-state index contributed by atoms with van der Waals surface area (Å²) in [6.07, 6.45) is 10.4. The molecular weight excluding hydrogens is 312 g/mol. The van der Waals surface area contributed by atoms with Crippen LogP contribution in [0.1, 0.15) is 61.5 Å². The number of carbonyl (C=O) groups is 1. The van der Waals surface area contributed by atoms with Crippen LogP contribution in [0.3, 0.4) is 0 Å². The summed E-state index contributed by atoms with van der Waals surface area (Å²) < 4.78 is 0. The molecule has 2 saturated carbocycles. The van der Waals surface area contributed by atoms with E-state index in [0.29, 0.717) is 29.6 Å². The number of carbonyl (C=O) groups excluding carboxylic acids is 1. The molecule has 5 heteroatoms. The third-order valence-electron chi connectivity index (χ3n) is 6.87. The molecule has 0 radical (unpaired) electrons. The molecule has 1 aromatic heterocycles. The first-order valence-corrected chi connectivity index (χ1v) is 10.2. The maximum atomic E-state index is 13.0. The average Bonchev–Trinajstić information content (AvgIpc) is 3.41. The molecule has 1 N–H and O–H groups in total. The molecule has 1 amide bonds. The number of fused-ring (bicyclic) bond motifs is 2. The maximum absolute atomic E-state index is 13.0. The van der Waals surface area contributed by atoms with Gasteiger partial charge in [0.1, 0.15) is 5.82 Å². The second-order valence-electron chi connectivity index (χ2n) is 8.39. The minimum atomic E-state index is 0.318. The first-order chi connectivity index (χ1) is 12.3. The number of likely N-dealkylation sites (tertiary alicyclic amines) is 1. The Bertz CT molecular complexity index is 664. The Morgan fingerprint density at radius 3 is 2.84 bits per heavy atom. The number of nitrogens with zero attached hydrogens (tertiary/aromatic N) is 3. The van der Waals surface area contributed by atoms with Crippen LogP contribution in [0.5, 0.6) is 0 Å². The first-order valence-electron chi connectivity index (χ1n) is 10.2. The molecule has 1 aromatic rings. The zero-order chi connectivity index (χ0) is 16.8. The minimum Gasteiger partial charge on any atom is -0.342 e. The van der Waals surface area contributed by atoms with Gasteiger partial charge >= 0.3 is 0 Å². The standard InChI is InChI=1S/C20H28N4O/c25-20(18-15-5-1-2-6-16(15)18)24-9-3-4-13(12-24)19-22-11-14-10-21-8-7-17(14)23-19/h11,13,15-16,18,21H,1-10,12H2/t13-,15-,16+,18?/m0/s1. The van der Waals surface area contributed by atoms with Crippen LogP contribution >= 0.6 is 0 Å². The van der Waals surface area contributed by atoms with Crippen molar-refractivity contribution in [2.45, 2.75) is 57.4 Å². The van der Waals surface area contributed by atoms with Gasteiger partial charge in [0.15, 0.2) is 0 Å². The number of piperidine rings is 1. The molecule has 25 heavy (non-hydrogen) atoms. The highest BCUT2D eigenvalue weighted by molar-refractivity contribution is 5.82. The van der Waals surface area contributed by atoms with E-state index < -0.39 is 0 Å². The predicted molar refractivity (Wildman–Crippen MR) is 94.9 cm³/mol. The van der Waals surface area contributed by atoms with Gasteiger partial charge in [-0.2, -0.15) is 0 Å². The summed E-state index contributed by atoms with van der Waals surface area (Å²) in [7, 11) is 0. The highest BCUT2D eigenvalue weighted by atomic mass is 16.2. The normalized spacial score (nSPS) is 34.2. The maximum Gasteiger partial charge on any atom is 0.226 e. The minimum absolute atomic E-state index is 0.318. The van der Waals surface area contributed by atoms with E-state index in [1.165, 1.54) is 36.9 Å². The molecule has 0 spiro atoms. The quantitative estimate of drug-likeness (QED) is 0.897. The number of hydrogen-bond donors (Lipinski definition) is 1. The lowest BCUT2D eigenvalue weighted by atomic mass is 9.96. The van der Waals surface area contributed by atoms with Gasteiger partial charge in [0.2, 0.25) is 5.91 Å². The van der Waals surface area contributed by atoms with Gasteiger partial charge in [0, 0.05) is 61.9 Å². The van der Waals surface area contributed by atoms with Crippen molar-refractivity contribution < 1.29 is 4.79 Å². The lowest BCUT2D eigenvalue weighted by molar-refractivity contribution is -0.134. The highest BCUT2D eigenvalue weighted by Gasteiger charge is 2.56. The highest BCUT2D eigenvalue weighted by Crippen LogP contribution is 2.56. The number of nitrogens with one attached hydrogen (secondary N) is 1. The fourth-order valence-corrected chi connectivity index (χ4v) is 5.41.